The Bertz CT molecular complexity index is 605. The third-order valence-electron chi connectivity index (χ3n) is 2.50. The van der Waals surface area contributed by atoms with Crippen molar-refractivity contribution in [2.45, 2.75) is 6.18 Å². The Morgan fingerprint density at radius 3 is 2.26 bits per heavy atom. The molecule has 6 heteroatoms. The second kappa shape index (κ2) is 4.79. The van der Waals surface area contributed by atoms with Crippen LogP contribution < -0.4 is 0 Å². The number of benzene rings is 1. The summed E-state index contributed by atoms with van der Waals surface area (Å²) < 4.78 is 50.1. The Hall–Kier alpha value is -2.24. The molecule has 0 saturated heterocycles. The van der Waals surface area contributed by atoms with Gasteiger partial charge < -0.3 is 0 Å². The maximum Gasteiger partial charge on any atom is 0.416 e. The van der Waals surface area contributed by atoms with Crippen LogP contribution in [0.25, 0.3) is 11.3 Å². The van der Waals surface area contributed by atoms with Gasteiger partial charge in [-0.2, -0.15) is 13.2 Å². The van der Waals surface area contributed by atoms with Crippen LogP contribution >= 0.6 is 0 Å². The number of aldehydes is 1. The minimum Gasteiger partial charge on any atom is -0.298 e. The highest BCUT2D eigenvalue weighted by Crippen LogP contribution is 2.31. The molecule has 2 nitrogen and oxygen atoms in total. The molecule has 0 bridgehead atoms. The van der Waals surface area contributed by atoms with Crippen LogP contribution in [0.1, 0.15) is 15.9 Å². The summed E-state index contributed by atoms with van der Waals surface area (Å²) in [5, 5.41) is 0. The van der Waals surface area contributed by atoms with E-state index in [1.807, 2.05) is 0 Å². The van der Waals surface area contributed by atoms with Crippen LogP contribution in [0.4, 0.5) is 17.6 Å². The lowest BCUT2D eigenvalue weighted by Crippen LogP contribution is -2.04. The fraction of sp³-hybridized carbons (Fsp3) is 0.0769. The van der Waals surface area contributed by atoms with E-state index in [4.69, 9.17) is 0 Å². The zero-order valence-electron chi connectivity index (χ0n) is 9.41. The quantitative estimate of drug-likeness (QED) is 0.614. The molecule has 0 spiro atoms. The van der Waals surface area contributed by atoms with Crippen LogP contribution in [0.2, 0.25) is 0 Å². The molecule has 0 radical (unpaired) electrons. The van der Waals surface area contributed by atoms with Gasteiger partial charge in [0.15, 0.2) is 6.29 Å². The lowest BCUT2D eigenvalue weighted by atomic mass is 10.0. The van der Waals surface area contributed by atoms with E-state index in [9.17, 15) is 22.4 Å². The smallest absolute Gasteiger partial charge is 0.298 e. The van der Waals surface area contributed by atoms with Gasteiger partial charge in [0.25, 0.3) is 0 Å². The molecule has 0 unspecified atom stereocenters. The van der Waals surface area contributed by atoms with E-state index >= 15 is 0 Å². The minimum atomic E-state index is -4.43. The van der Waals surface area contributed by atoms with Gasteiger partial charge in [0.2, 0.25) is 0 Å². The number of aromatic nitrogens is 1. The maximum absolute atomic E-state index is 12.9. The van der Waals surface area contributed by atoms with E-state index in [1.165, 1.54) is 12.1 Å². The molecule has 1 aromatic carbocycles. The number of nitrogens with zero attached hydrogens (tertiary/aromatic N) is 1. The van der Waals surface area contributed by atoms with Gasteiger partial charge in [0.1, 0.15) is 5.82 Å². The first-order valence-electron chi connectivity index (χ1n) is 5.20. The van der Waals surface area contributed by atoms with Gasteiger partial charge in [-0.25, -0.2) is 4.39 Å². The van der Waals surface area contributed by atoms with Gasteiger partial charge >= 0.3 is 6.18 Å². The Morgan fingerprint density at radius 2 is 1.74 bits per heavy atom. The summed E-state index contributed by atoms with van der Waals surface area (Å²) in [6, 6.07) is 5.13. The molecule has 0 saturated carbocycles. The molecule has 2 aromatic rings. The Balaban J connectivity index is 2.46. The molecular weight excluding hydrogens is 262 g/mol. The summed E-state index contributed by atoms with van der Waals surface area (Å²) in [7, 11) is 0. The molecule has 0 aliphatic heterocycles. The summed E-state index contributed by atoms with van der Waals surface area (Å²) >= 11 is 0. The minimum absolute atomic E-state index is 0.0141. The monoisotopic (exact) mass is 269 g/mol. The second-order valence-electron chi connectivity index (χ2n) is 3.78. The Morgan fingerprint density at radius 1 is 1.11 bits per heavy atom. The van der Waals surface area contributed by atoms with Crippen LogP contribution in [0.5, 0.6) is 0 Å². The average Bonchev–Trinajstić information content (AvgIpc) is 2.37. The van der Waals surface area contributed by atoms with Gasteiger partial charge in [-0.05, 0) is 18.2 Å². The molecule has 19 heavy (non-hydrogen) atoms. The number of hydrogen-bond donors (Lipinski definition) is 0. The highest BCUT2D eigenvalue weighted by Gasteiger charge is 2.30. The van der Waals surface area contributed by atoms with E-state index in [1.54, 1.807) is 0 Å². The van der Waals surface area contributed by atoms with Crippen molar-refractivity contribution in [3.05, 3.63) is 53.5 Å². The molecular formula is C13H7F4NO. The zero-order valence-corrected chi connectivity index (χ0v) is 9.41. The number of rotatable bonds is 2. The fourth-order valence-corrected chi connectivity index (χ4v) is 1.60. The molecule has 1 heterocycles. The van der Waals surface area contributed by atoms with Gasteiger partial charge in [-0.15, -0.1) is 0 Å². The van der Waals surface area contributed by atoms with E-state index in [0.29, 0.717) is 11.8 Å². The lowest BCUT2D eigenvalue weighted by Gasteiger charge is -2.08. The van der Waals surface area contributed by atoms with E-state index < -0.39 is 17.6 Å². The molecule has 0 aliphatic carbocycles. The van der Waals surface area contributed by atoms with Crippen molar-refractivity contribution in [3.63, 3.8) is 0 Å². The highest BCUT2D eigenvalue weighted by molar-refractivity contribution is 5.85. The molecule has 0 aliphatic rings. The first-order chi connectivity index (χ1) is 8.91. The van der Waals surface area contributed by atoms with Crippen molar-refractivity contribution in [1.29, 1.82) is 0 Å². The second-order valence-corrected chi connectivity index (χ2v) is 3.78. The van der Waals surface area contributed by atoms with Gasteiger partial charge in [-0.1, -0.05) is 12.1 Å². The summed E-state index contributed by atoms with van der Waals surface area (Å²) in [6.45, 7) is 0. The number of halogens is 4. The van der Waals surface area contributed by atoms with Crippen LogP contribution in [0, 0.1) is 5.82 Å². The largest absolute Gasteiger partial charge is 0.416 e. The van der Waals surface area contributed by atoms with Gasteiger partial charge in [0.05, 0.1) is 17.5 Å². The van der Waals surface area contributed by atoms with Gasteiger partial charge in [0, 0.05) is 11.1 Å². The average molecular weight is 269 g/mol. The predicted octanol–water partition coefficient (Wildman–Crippen LogP) is 3.72. The van der Waals surface area contributed by atoms with Crippen molar-refractivity contribution in [2.75, 3.05) is 0 Å². The van der Waals surface area contributed by atoms with E-state index in [0.717, 1.165) is 24.4 Å². The van der Waals surface area contributed by atoms with Crippen LogP contribution in [0.3, 0.4) is 0 Å². The van der Waals surface area contributed by atoms with Gasteiger partial charge in [-0.3, -0.25) is 9.78 Å². The number of hydrogen-bond acceptors (Lipinski definition) is 2. The summed E-state index contributed by atoms with van der Waals surface area (Å²) in [5.74, 6) is -0.683. The standard InChI is InChI=1S/C13H7F4NO/c14-11-5-9(7-19)12(18-6-11)8-1-3-10(4-2-8)13(15,16)17/h1-7H. The van der Waals surface area contributed by atoms with Crippen LogP contribution in [-0.2, 0) is 6.18 Å². The lowest BCUT2D eigenvalue weighted by molar-refractivity contribution is -0.137. The number of carbonyl (C=O) groups excluding carboxylic acids is 1. The van der Waals surface area contributed by atoms with E-state index in [-0.39, 0.29) is 11.3 Å². The highest BCUT2D eigenvalue weighted by atomic mass is 19.4. The normalized spacial score (nSPS) is 11.4. The molecule has 0 N–H and O–H groups in total. The maximum atomic E-state index is 12.9. The summed E-state index contributed by atoms with van der Waals surface area (Å²) in [4.78, 5) is 14.5. The van der Waals surface area contributed by atoms with Crippen LogP contribution in [0.15, 0.2) is 36.5 Å². The number of alkyl halides is 3. The molecule has 1 aromatic heterocycles. The summed E-state index contributed by atoms with van der Waals surface area (Å²) in [6.07, 6.45) is -3.12. The SMILES string of the molecule is O=Cc1cc(F)cnc1-c1ccc(C(F)(F)F)cc1. The van der Waals surface area contributed by atoms with Crippen molar-refractivity contribution in [3.8, 4) is 11.3 Å². The Kier molecular flexibility index (Phi) is 3.33. The molecule has 0 amide bonds. The topological polar surface area (TPSA) is 30.0 Å². The first kappa shape index (κ1) is 13.2. The first-order valence-corrected chi connectivity index (χ1v) is 5.20. The zero-order chi connectivity index (χ0) is 14.0. The number of pyridine rings is 1. The molecule has 2 rings (SSSR count). The fourth-order valence-electron chi connectivity index (χ4n) is 1.60. The van der Waals surface area contributed by atoms with Crippen molar-refractivity contribution >= 4 is 6.29 Å². The summed E-state index contributed by atoms with van der Waals surface area (Å²) in [5.41, 5.74) is -0.356. The van der Waals surface area contributed by atoms with Crippen molar-refractivity contribution in [1.82, 2.24) is 4.98 Å². The predicted molar refractivity (Wildman–Crippen MR) is 60.0 cm³/mol. The molecule has 98 valence electrons. The third kappa shape index (κ3) is 2.78. The molecule has 0 fully saturated rings. The van der Waals surface area contributed by atoms with Crippen molar-refractivity contribution < 1.29 is 22.4 Å². The van der Waals surface area contributed by atoms with Crippen molar-refractivity contribution in [2.24, 2.45) is 0 Å². The third-order valence-corrected chi connectivity index (χ3v) is 2.50. The van der Waals surface area contributed by atoms with Crippen LogP contribution in [-0.4, -0.2) is 11.3 Å². The van der Waals surface area contributed by atoms with E-state index in [2.05, 4.69) is 4.98 Å². The Labute approximate surface area is 105 Å². The number of carbonyl (C=O) groups is 1. The molecule has 0 atom stereocenters.